The lowest BCUT2D eigenvalue weighted by Gasteiger charge is -2.38. The van der Waals surface area contributed by atoms with Crippen molar-refractivity contribution in [2.24, 2.45) is 5.92 Å². The maximum absolute atomic E-state index is 3.70. The van der Waals surface area contributed by atoms with Gasteiger partial charge in [-0.2, -0.15) is 0 Å². The van der Waals surface area contributed by atoms with Crippen molar-refractivity contribution < 1.29 is 0 Å². The third kappa shape index (κ3) is 2.23. The average molecular weight is 182 g/mol. The quantitative estimate of drug-likeness (QED) is 0.711. The second kappa shape index (κ2) is 3.97. The van der Waals surface area contributed by atoms with Gasteiger partial charge >= 0.3 is 0 Å². The molecule has 2 nitrogen and oxygen atoms in total. The van der Waals surface area contributed by atoms with Crippen molar-refractivity contribution in [2.75, 3.05) is 20.1 Å². The fourth-order valence-corrected chi connectivity index (χ4v) is 2.44. The number of nitrogens with one attached hydrogen (secondary N) is 1. The van der Waals surface area contributed by atoms with Crippen molar-refractivity contribution in [3.8, 4) is 0 Å². The Morgan fingerprint density at radius 2 is 2.15 bits per heavy atom. The van der Waals surface area contributed by atoms with Gasteiger partial charge in [0.05, 0.1) is 0 Å². The highest BCUT2D eigenvalue weighted by atomic mass is 15.2. The van der Waals surface area contributed by atoms with Crippen LogP contribution in [-0.4, -0.2) is 37.1 Å². The Morgan fingerprint density at radius 1 is 1.38 bits per heavy atom. The summed E-state index contributed by atoms with van der Waals surface area (Å²) >= 11 is 0. The van der Waals surface area contributed by atoms with E-state index in [-0.39, 0.29) is 0 Å². The summed E-state index contributed by atoms with van der Waals surface area (Å²) in [7, 11) is 2.29. The highest BCUT2D eigenvalue weighted by Gasteiger charge is 2.35. The van der Waals surface area contributed by atoms with Gasteiger partial charge in [0, 0.05) is 25.2 Å². The number of nitrogens with zero attached hydrogens (tertiary/aromatic N) is 1. The van der Waals surface area contributed by atoms with Crippen LogP contribution in [0.1, 0.15) is 32.6 Å². The first-order chi connectivity index (χ1) is 6.31. The van der Waals surface area contributed by atoms with Crippen molar-refractivity contribution in [3.05, 3.63) is 0 Å². The minimum absolute atomic E-state index is 0.792. The fraction of sp³-hybridized carbons (Fsp3) is 1.00. The van der Waals surface area contributed by atoms with Gasteiger partial charge in [0.2, 0.25) is 0 Å². The molecule has 1 aliphatic heterocycles. The molecule has 2 unspecified atom stereocenters. The van der Waals surface area contributed by atoms with Crippen LogP contribution in [0.3, 0.4) is 0 Å². The molecular weight excluding hydrogens is 160 g/mol. The van der Waals surface area contributed by atoms with Crippen molar-refractivity contribution >= 4 is 0 Å². The standard InChI is InChI=1S/C11H22N2/c1-3-4-10-7-12-11(8-13(10)2)9-5-6-9/h9-12H,3-8H2,1-2H3. The molecule has 2 rings (SSSR count). The molecule has 0 amide bonds. The molecule has 13 heavy (non-hydrogen) atoms. The summed E-state index contributed by atoms with van der Waals surface area (Å²) in [4.78, 5) is 2.56. The second-order valence-corrected chi connectivity index (χ2v) is 4.73. The van der Waals surface area contributed by atoms with E-state index in [0.29, 0.717) is 0 Å². The molecule has 0 spiro atoms. The van der Waals surface area contributed by atoms with Crippen molar-refractivity contribution in [1.82, 2.24) is 10.2 Å². The monoisotopic (exact) mass is 182 g/mol. The molecule has 2 atom stereocenters. The van der Waals surface area contributed by atoms with E-state index < -0.39 is 0 Å². The van der Waals surface area contributed by atoms with Gasteiger partial charge in [0.1, 0.15) is 0 Å². The Morgan fingerprint density at radius 3 is 2.69 bits per heavy atom. The summed E-state index contributed by atoms with van der Waals surface area (Å²) in [5.41, 5.74) is 0. The van der Waals surface area contributed by atoms with Gasteiger partial charge in [-0.25, -0.2) is 0 Å². The van der Waals surface area contributed by atoms with Gasteiger partial charge in [-0.3, -0.25) is 0 Å². The average Bonchev–Trinajstić information content (AvgIpc) is 2.91. The van der Waals surface area contributed by atoms with Gasteiger partial charge in [0.25, 0.3) is 0 Å². The Bertz CT molecular complexity index is 165. The number of hydrogen-bond donors (Lipinski definition) is 1. The molecule has 1 N–H and O–H groups in total. The van der Waals surface area contributed by atoms with Crippen LogP contribution in [-0.2, 0) is 0 Å². The predicted molar refractivity (Wildman–Crippen MR) is 55.8 cm³/mol. The summed E-state index contributed by atoms with van der Waals surface area (Å²) in [5, 5.41) is 3.70. The van der Waals surface area contributed by atoms with E-state index in [1.165, 1.54) is 38.8 Å². The molecule has 1 aliphatic carbocycles. The topological polar surface area (TPSA) is 15.3 Å². The maximum Gasteiger partial charge on any atom is 0.0223 e. The van der Waals surface area contributed by atoms with Crippen LogP contribution in [0.2, 0.25) is 0 Å². The molecule has 0 bridgehead atoms. The summed E-state index contributed by atoms with van der Waals surface area (Å²) in [6.45, 7) is 4.77. The summed E-state index contributed by atoms with van der Waals surface area (Å²) in [5.74, 6) is 1.00. The maximum atomic E-state index is 3.70. The normalized spacial score (nSPS) is 36.5. The molecule has 2 aliphatic rings. The molecule has 0 aromatic rings. The van der Waals surface area contributed by atoms with E-state index in [1.807, 2.05) is 0 Å². The van der Waals surface area contributed by atoms with Crippen LogP contribution in [0.4, 0.5) is 0 Å². The van der Waals surface area contributed by atoms with Crippen LogP contribution >= 0.6 is 0 Å². The zero-order chi connectivity index (χ0) is 9.26. The zero-order valence-electron chi connectivity index (χ0n) is 8.92. The second-order valence-electron chi connectivity index (χ2n) is 4.73. The highest BCUT2D eigenvalue weighted by molar-refractivity contribution is 4.93. The summed E-state index contributed by atoms with van der Waals surface area (Å²) < 4.78 is 0. The van der Waals surface area contributed by atoms with Crippen molar-refractivity contribution in [2.45, 2.75) is 44.7 Å². The first kappa shape index (κ1) is 9.47. The molecule has 2 heteroatoms. The van der Waals surface area contributed by atoms with E-state index in [9.17, 15) is 0 Å². The van der Waals surface area contributed by atoms with Gasteiger partial charge in [-0.05, 0) is 32.2 Å². The minimum atomic E-state index is 0.792. The first-order valence-corrected chi connectivity index (χ1v) is 5.75. The van der Waals surface area contributed by atoms with Crippen molar-refractivity contribution in [3.63, 3.8) is 0 Å². The molecule has 1 heterocycles. The lowest BCUT2D eigenvalue weighted by Crippen LogP contribution is -2.55. The van der Waals surface area contributed by atoms with Crippen molar-refractivity contribution in [1.29, 1.82) is 0 Å². The van der Waals surface area contributed by atoms with Gasteiger partial charge in [-0.1, -0.05) is 13.3 Å². The number of hydrogen-bond acceptors (Lipinski definition) is 2. The minimum Gasteiger partial charge on any atom is -0.311 e. The molecule has 1 saturated heterocycles. The smallest absolute Gasteiger partial charge is 0.0223 e. The van der Waals surface area contributed by atoms with Crippen LogP contribution < -0.4 is 5.32 Å². The Kier molecular flexibility index (Phi) is 2.89. The predicted octanol–water partition coefficient (Wildman–Crippen LogP) is 1.47. The lowest BCUT2D eigenvalue weighted by atomic mass is 10.0. The SMILES string of the molecule is CCCC1CNC(C2CC2)CN1C. The Balaban J connectivity index is 1.80. The van der Waals surface area contributed by atoms with Crippen LogP contribution in [0.5, 0.6) is 0 Å². The number of rotatable bonds is 3. The van der Waals surface area contributed by atoms with Crippen LogP contribution in [0.25, 0.3) is 0 Å². The fourth-order valence-electron chi connectivity index (χ4n) is 2.44. The van der Waals surface area contributed by atoms with E-state index in [2.05, 4.69) is 24.2 Å². The Labute approximate surface area is 81.7 Å². The zero-order valence-corrected chi connectivity index (χ0v) is 8.92. The summed E-state index contributed by atoms with van der Waals surface area (Å²) in [6, 6.07) is 1.60. The molecular formula is C11H22N2. The number of likely N-dealkylation sites (N-methyl/N-ethyl adjacent to an activating group) is 1. The molecule has 2 fully saturated rings. The van der Waals surface area contributed by atoms with E-state index in [1.54, 1.807) is 0 Å². The largest absolute Gasteiger partial charge is 0.311 e. The molecule has 76 valence electrons. The van der Waals surface area contributed by atoms with Gasteiger partial charge in [-0.15, -0.1) is 0 Å². The van der Waals surface area contributed by atoms with Gasteiger partial charge in [0.15, 0.2) is 0 Å². The van der Waals surface area contributed by atoms with E-state index in [4.69, 9.17) is 0 Å². The third-order valence-corrected chi connectivity index (χ3v) is 3.54. The van der Waals surface area contributed by atoms with Crippen LogP contribution in [0, 0.1) is 5.92 Å². The third-order valence-electron chi connectivity index (χ3n) is 3.54. The molecule has 0 aromatic heterocycles. The molecule has 1 saturated carbocycles. The first-order valence-electron chi connectivity index (χ1n) is 5.75. The van der Waals surface area contributed by atoms with E-state index in [0.717, 1.165) is 18.0 Å². The van der Waals surface area contributed by atoms with E-state index >= 15 is 0 Å². The number of piperazine rings is 1. The summed E-state index contributed by atoms with van der Waals surface area (Å²) in [6.07, 6.45) is 5.58. The molecule has 0 aromatic carbocycles. The van der Waals surface area contributed by atoms with Crippen LogP contribution in [0.15, 0.2) is 0 Å². The van der Waals surface area contributed by atoms with Gasteiger partial charge < -0.3 is 10.2 Å². The lowest BCUT2D eigenvalue weighted by molar-refractivity contribution is 0.146. The Hall–Kier alpha value is -0.0800. The molecule has 0 radical (unpaired) electrons. The highest BCUT2D eigenvalue weighted by Crippen LogP contribution is 2.34.